The minimum atomic E-state index is -0.527. The fourth-order valence-electron chi connectivity index (χ4n) is 2.93. The van der Waals surface area contributed by atoms with Crippen LogP contribution in [0, 0.1) is 0 Å². The van der Waals surface area contributed by atoms with E-state index in [9.17, 15) is 9.90 Å². The lowest BCUT2D eigenvalue weighted by Gasteiger charge is -2.36. The zero-order valence-electron chi connectivity index (χ0n) is 12.6. The Hall–Kier alpha value is -1.75. The fourth-order valence-corrected chi connectivity index (χ4v) is 2.93. The maximum Gasteiger partial charge on any atom is 0.259 e. The molecule has 0 unspecified atom stereocenters. The molecule has 0 spiro atoms. The lowest BCUT2D eigenvalue weighted by atomic mass is 9.82. The van der Waals surface area contributed by atoms with Crippen molar-refractivity contribution in [1.82, 2.24) is 5.32 Å². The van der Waals surface area contributed by atoms with Gasteiger partial charge in [-0.2, -0.15) is 0 Å². The van der Waals surface area contributed by atoms with Gasteiger partial charge in [-0.05, 0) is 25.0 Å². The van der Waals surface area contributed by atoms with Gasteiger partial charge in [0.1, 0.15) is 17.1 Å². The lowest BCUT2D eigenvalue weighted by Crippen LogP contribution is -2.52. The number of hydrogen-bond donors (Lipinski definition) is 2. The molecule has 0 aliphatic heterocycles. The first-order valence-corrected chi connectivity index (χ1v) is 7.30. The van der Waals surface area contributed by atoms with E-state index in [1.165, 1.54) is 14.2 Å². The van der Waals surface area contributed by atoms with Crippen LogP contribution in [0.25, 0.3) is 0 Å². The van der Waals surface area contributed by atoms with Gasteiger partial charge < -0.3 is 19.9 Å². The molecule has 0 bridgehead atoms. The maximum absolute atomic E-state index is 12.7. The fraction of sp³-hybridized carbons (Fsp3) is 0.562. The Morgan fingerprint density at radius 1 is 1.19 bits per heavy atom. The summed E-state index contributed by atoms with van der Waals surface area (Å²) in [6, 6.07) is 5.23. The number of hydrogen-bond acceptors (Lipinski definition) is 4. The van der Waals surface area contributed by atoms with Crippen LogP contribution < -0.4 is 14.8 Å². The number of carbonyl (C=O) groups is 1. The van der Waals surface area contributed by atoms with Crippen molar-refractivity contribution in [2.24, 2.45) is 0 Å². The van der Waals surface area contributed by atoms with Gasteiger partial charge in [-0.3, -0.25) is 4.79 Å². The third-order valence-electron chi connectivity index (χ3n) is 4.15. The minimum absolute atomic E-state index is 0.0454. The van der Waals surface area contributed by atoms with Gasteiger partial charge in [0.25, 0.3) is 5.91 Å². The summed E-state index contributed by atoms with van der Waals surface area (Å²) in [7, 11) is 3.04. The molecule has 0 heterocycles. The Morgan fingerprint density at radius 2 is 1.76 bits per heavy atom. The zero-order valence-corrected chi connectivity index (χ0v) is 12.6. The van der Waals surface area contributed by atoms with Crippen molar-refractivity contribution in [2.45, 2.75) is 37.6 Å². The average molecular weight is 293 g/mol. The highest BCUT2D eigenvalue weighted by molar-refractivity contribution is 6.00. The van der Waals surface area contributed by atoms with Gasteiger partial charge >= 0.3 is 0 Å². The van der Waals surface area contributed by atoms with Crippen LogP contribution in [-0.4, -0.2) is 37.4 Å². The number of nitrogens with one attached hydrogen (secondary N) is 1. The molecule has 21 heavy (non-hydrogen) atoms. The first-order chi connectivity index (χ1) is 10.2. The Balaban J connectivity index is 2.27. The molecule has 1 aliphatic rings. The quantitative estimate of drug-likeness (QED) is 0.872. The third kappa shape index (κ3) is 3.29. The number of methoxy groups -OCH3 is 2. The molecule has 0 saturated heterocycles. The summed E-state index contributed by atoms with van der Waals surface area (Å²) in [5, 5.41) is 12.7. The molecule has 1 aromatic rings. The second kappa shape index (κ2) is 6.80. The van der Waals surface area contributed by atoms with Crippen LogP contribution in [0.1, 0.15) is 42.5 Å². The molecule has 1 aromatic carbocycles. The van der Waals surface area contributed by atoms with Gasteiger partial charge in [0.05, 0.1) is 26.4 Å². The van der Waals surface area contributed by atoms with Gasteiger partial charge in [0, 0.05) is 0 Å². The normalized spacial score (nSPS) is 17.1. The Morgan fingerprint density at radius 3 is 2.24 bits per heavy atom. The predicted molar refractivity (Wildman–Crippen MR) is 79.9 cm³/mol. The predicted octanol–water partition coefficient (Wildman–Crippen LogP) is 2.13. The van der Waals surface area contributed by atoms with Crippen LogP contribution in [-0.2, 0) is 0 Å². The molecule has 0 atom stereocenters. The smallest absolute Gasteiger partial charge is 0.259 e. The number of rotatable bonds is 5. The van der Waals surface area contributed by atoms with Crippen molar-refractivity contribution in [2.75, 3.05) is 20.8 Å². The number of carbonyl (C=O) groups excluding carboxylic acids is 1. The van der Waals surface area contributed by atoms with E-state index in [1.54, 1.807) is 18.2 Å². The van der Waals surface area contributed by atoms with Crippen molar-refractivity contribution in [1.29, 1.82) is 0 Å². The zero-order chi connectivity index (χ0) is 15.3. The molecular formula is C16H23NO4. The van der Waals surface area contributed by atoms with E-state index < -0.39 is 5.54 Å². The Kier molecular flexibility index (Phi) is 5.07. The van der Waals surface area contributed by atoms with E-state index >= 15 is 0 Å². The third-order valence-corrected chi connectivity index (χ3v) is 4.15. The first-order valence-electron chi connectivity index (χ1n) is 7.30. The number of benzene rings is 1. The molecule has 0 radical (unpaired) electrons. The average Bonchev–Trinajstić information content (AvgIpc) is 2.54. The van der Waals surface area contributed by atoms with Crippen LogP contribution in [0.15, 0.2) is 18.2 Å². The van der Waals surface area contributed by atoms with Crippen LogP contribution in [0.5, 0.6) is 11.5 Å². The molecule has 116 valence electrons. The molecule has 1 amide bonds. The summed E-state index contributed by atoms with van der Waals surface area (Å²) in [6.45, 7) is -0.0454. The molecule has 1 saturated carbocycles. The van der Waals surface area contributed by atoms with E-state index in [-0.39, 0.29) is 12.5 Å². The van der Waals surface area contributed by atoms with Gasteiger partial charge in [0.15, 0.2) is 0 Å². The summed E-state index contributed by atoms with van der Waals surface area (Å²) in [5.74, 6) is 0.673. The van der Waals surface area contributed by atoms with Gasteiger partial charge in [-0.1, -0.05) is 25.3 Å². The van der Waals surface area contributed by atoms with Gasteiger partial charge in [-0.15, -0.1) is 0 Å². The van der Waals surface area contributed by atoms with E-state index in [2.05, 4.69) is 5.32 Å². The molecular weight excluding hydrogens is 270 g/mol. The van der Waals surface area contributed by atoms with Crippen LogP contribution in [0.4, 0.5) is 0 Å². The second-order valence-electron chi connectivity index (χ2n) is 5.49. The van der Waals surface area contributed by atoms with E-state index in [0.29, 0.717) is 17.1 Å². The molecule has 5 heteroatoms. The van der Waals surface area contributed by atoms with Crippen molar-refractivity contribution in [3.8, 4) is 11.5 Å². The highest BCUT2D eigenvalue weighted by atomic mass is 16.5. The summed E-state index contributed by atoms with van der Waals surface area (Å²) in [4.78, 5) is 12.7. The lowest BCUT2D eigenvalue weighted by molar-refractivity contribution is 0.0753. The molecule has 5 nitrogen and oxygen atoms in total. The van der Waals surface area contributed by atoms with E-state index in [4.69, 9.17) is 9.47 Å². The standard InChI is InChI=1S/C16H23NO4/c1-20-12-7-6-8-13(21-2)14(12)15(19)17-16(11-18)9-4-3-5-10-16/h6-8,18H,3-5,9-11H2,1-2H3,(H,17,19). The van der Waals surface area contributed by atoms with E-state index in [1.807, 2.05) is 0 Å². The summed E-state index contributed by atoms with van der Waals surface area (Å²) in [6.07, 6.45) is 4.78. The largest absolute Gasteiger partial charge is 0.496 e. The van der Waals surface area contributed by atoms with Crippen LogP contribution in [0.2, 0.25) is 0 Å². The molecule has 2 N–H and O–H groups in total. The number of ether oxygens (including phenoxy) is 2. The minimum Gasteiger partial charge on any atom is -0.496 e. The van der Waals surface area contributed by atoms with Crippen molar-refractivity contribution < 1.29 is 19.4 Å². The highest BCUT2D eigenvalue weighted by Gasteiger charge is 2.34. The summed E-state index contributed by atoms with van der Waals surface area (Å²) < 4.78 is 10.5. The number of aliphatic hydroxyl groups is 1. The second-order valence-corrected chi connectivity index (χ2v) is 5.49. The maximum atomic E-state index is 12.7. The van der Waals surface area contributed by atoms with Crippen LogP contribution in [0.3, 0.4) is 0 Å². The summed E-state index contributed by atoms with van der Waals surface area (Å²) in [5.41, 5.74) is -0.151. The van der Waals surface area contributed by atoms with Gasteiger partial charge in [-0.25, -0.2) is 0 Å². The Bertz CT molecular complexity index is 473. The van der Waals surface area contributed by atoms with Crippen molar-refractivity contribution >= 4 is 5.91 Å². The number of aliphatic hydroxyl groups excluding tert-OH is 1. The summed E-state index contributed by atoms with van der Waals surface area (Å²) >= 11 is 0. The monoisotopic (exact) mass is 293 g/mol. The van der Waals surface area contributed by atoms with Crippen molar-refractivity contribution in [3.63, 3.8) is 0 Å². The van der Waals surface area contributed by atoms with E-state index in [0.717, 1.165) is 32.1 Å². The van der Waals surface area contributed by atoms with Crippen molar-refractivity contribution in [3.05, 3.63) is 23.8 Å². The van der Waals surface area contributed by atoms with Crippen LogP contribution >= 0.6 is 0 Å². The first kappa shape index (κ1) is 15.6. The molecule has 2 rings (SSSR count). The molecule has 1 aliphatic carbocycles. The van der Waals surface area contributed by atoms with Gasteiger partial charge in [0.2, 0.25) is 0 Å². The topological polar surface area (TPSA) is 67.8 Å². The SMILES string of the molecule is COc1cccc(OC)c1C(=O)NC1(CO)CCCCC1. The molecule has 0 aromatic heterocycles. The molecule has 1 fully saturated rings. The highest BCUT2D eigenvalue weighted by Crippen LogP contribution is 2.32. The number of amides is 1. The Labute approximate surface area is 125 Å².